The quantitative estimate of drug-likeness (QED) is 0.0478. The van der Waals surface area contributed by atoms with Gasteiger partial charge in [-0.2, -0.15) is 0 Å². The van der Waals surface area contributed by atoms with E-state index in [1.165, 1.54) is 128 Å². The monoisotopic (exact) mass is 579 g/mol. The van der Waals surface area contributed by atoms with Gasteiger partial charge in [0.05, 0.1) is 0 Å². The smallest absolute Gasteiger partial charge is 0.306 e. The number of carbonyl (C=O) groups excluding carboxylic acids is 1. The van der Waals surface area contributed by atoms with Gasteiger partial charge < -0.3 is 9.84 Å². The Morgan fingerprint density at radius 2 is 0.878 bits per heavy atom. The highest BCUT2D eigenvalue weighted by molar-refractivity contribution is 5.69. The average Bonchev–Trinajstić information content (AvgIpc) is 2.95. The molecule has 242 valence electrons. The number of hydrogen-bond donors (Lipinski definition) is 1. The molecule has 0 amide bonds. The van der Waals surface area contributed by atoms with E-state index in [0.717, 1.165) is 44.9 Å². The van der Waals surface area contributed by atoms with Crippen LogP contribution in [0.25, 0.3) is 0 Å². The van der Waals surface area contributed by atoms with Gasteiger partial charge >= 0.3 is 11.9 Å². The fraction of sp³-hybridized carbons (Fsp3) is 0.892. The van der Waals surface area contributed by atoms with Gasteiger partial charge in [-0.05, 0) is 64.2 Å². The molecule has 1 atom stereocenters. The summed E-state index contributed by atoms with van der Waals surface area (Å²) >= 11 is 0. The molecule has 0 aliphatic rings. The minimum Gasteiger partial charge on any atom is -0.481 e. The van der Waals surface area contributed by atoms with Crippen LogP contribution in [0.4, 0.5) is 0 Å². The zero-order valence-electron chi connectivity index (χ0n) is 27.6. The van der Waals surface area contributed by atoms with Crippen molar-refractivity contribution in [3.05, 3.63) is 12.2 Å². The van der Waals surface area contributed by atoms with Crippen molar-refractivity contribution in [3.8, 4) is 0 Å². The van der Waals surface area contributed by atoms with Gasteiger partial charge in [0.15, 0.2) is 0 Å². The molecule has 1 N–H and O–H groups in total. The highest BCUT2D eigenvalue weighted by atomic mass is 16.5. The summed E-state index contributed by atoms with van der Waals surface area (Å²) in [5.74, 6) is -0.758. The first-order chi connectivity index (χ1) is 20.1. The number of carboxylic acid groups (broad SMARTS) is 1. The predicted octanol–water partition coefficient (Wildman–Crippen LogP) is 12.3. The molecule has 0 bridgehead atoms. The molecule has 0 saturated heterocycles. The molecule has 4 heteroatoms. The Hall–Kier alpha value is -1.32. The van der Waals surface area contributed by atoms with E-state index in [0.29, 0.717) is 12.8 Å². The summed E-state index contributed by atoms with van der Waals surface area (Å²) in [7, 11) is 0. The SMILES string of the molecule is CCCCCC/C=C\CCCCCCCCC(=O)OC(CCCCCCCCCCCCC)CCCCCC(=O)O. The number of carbonyl (C=O) groups is 2. The van der Waals surface area contributed by atoms with E-state index in [1.807, 2.05) is 0 Å². The van der Waals surface area contributed by atoms with Crippen molar-refractivity contribution in [2.24, 2.45) is 0 Å². The van der Waals surface area contributed by atoms with Gasteiger partial charge in [0.2, 0.25) is 0 Å². The van der Waals surface area contributed by atoms with E-state index in [9.17, 15) is 9.59 Å². The Morgan fingerprint density at radius 1 is 0.512 bits per heavy atom. The van der Waals surface area contributed by atoms with E-state index in [-0.39, 0.29) is 18.5 Å². The normalized spacial score (nSPS) is 12.2. The molecule has 0 aromatic rings. The maximum atomic E-state index is 12.5. The van der Waals surface area contributed by atoms with E-state index >= 15 is 0 Å². The molecule has 0 fully saturated rings. The topological polar surface area (TPSA) is 63.6 Å². The van der Waals surface area contributed by atoms with Crippen molar-refractivity contribution in [2.45, 2.75) is 213 Å². The van der Waals surface area contributed by atoms with Crippen molar-refractivity contribution in [1.29, 1.82) is 0 Å². The van der Waals surface area contributed by atoms with Gasteiger partial charge in [-0.3, -0.25) is 9.59 Å². The van der Waals surface area contributed by atoms with Crippen molar-refractivity contribution in [3.63, 3.8) is 0 Å². The molecule has 0 spiro atoms. The number of ether oxygens (including phenoxy) is 1. The third-order valence-electron chi connectivity index (χ3n) is 8.24. The summed E-state index contributed by atoms with van der Waals surface area (Å²) in [6, 6.07) is 0. The maximum absolute atomic E-state index is 12.5. The van der Waals surface area contributed by atoms with Crippen molar-refractivity contribution in [2.75, 3.05) is 0 Å². The van der Waals surface area contributed by atoms with Gasteiger partial charge in [0.25, 0.3) is 0 Å². The second kappa shape index (κ2) is 33.2. The van der Waals surface area contributed by atoms with Crippen LogP contribution < -0.4 is 0 Å². The van der Waals surface area contributed by atoms with Gasteiger partial charge in [-0.25, -0.2) is 0 Å². The molecular formula is C37H70O4. The van der Waals surface area contributed by atoms with Crippen LogP contribution >= 0.6 is 0 Å². The number of rotatable bonds is 33. The van der Waals surface area contributed by atoms with Crippen molar-refractivity contribution in [1.82, 2.24) is 0 Å². The molecule has 0 aromatic heterocycles. The minimum absolute atomic E-state index is 0.00518. The standard InChI is InChI=1S/C37H70O4/c1-3-5-7-9-11-13-15-16-17-19-21-23-25-30-34-37(40)41-35(32-28-26-29-33-36(38)39)31-27-24-22-20-18-14-12-10-8-6-4-2/h13,15,35H,3-12,14,16-34H2,1-2H3,(H,38,39)/b15-13-. The number of unbranched alkanes of at least 4 members (excludes halogenated alkanes) is 22. The van der Waals surface area contributed by atoms with Crippen molar-refractivity contribution >= 4 is 11.9 Å². The van der Waals surface area contributed by atoms with E-state index in [2.05, 4.69) is 26.0 Å². The Bertz CT molecular complexity index is 585. The summed E-state index contributed by atoms with van der Waals surface area (Å²) in [4.78, 5) is 23.3. The van der Waals surface area contributed by atoms with Gasteiger partial charge in [-0.15, -0.1) is 0 Å². The first-order valence-corrected chi connectivity index (χ1v) is 18.2. The molecule has 0 rings (SSSR count). The minimum atomic E-state index is -0.723. The van der Waals surface area contributed by atoms with Crippen LogP contribution in [0.5, 0.6) is 0 Å². The second-order valence-corrected chi connectivity index (χ2v) is 12.4. The van der Waals surface area contributed by atoms with Gasteiger partial charge in [-0.1, -0.05) is 142 Å². The Labute approximate surface area is 255 Å². The van der Waals surface area contributed by atoms with Gasteiger partial charge in [0, 0.05) is 12.8 Å². The van der Waals surface area contributed by atoms with Crippen molar-refractivity contribution < 1.29 is 19.4 Å². The van der Waals surface area contributed by atoms with Gasteiger partial charge in [0.1, 0.15) is 6.10 Å². The molecule has 0 aliphatic carbocycles. The lowest BCUT2D eigenvalue weighted by Gasteiger charge is -2.18. The Balaban J connectivity index is 3.95. The third-order valence-corrected chi connectivity index (χ3v) is 8.24. The largest absolute Gasteiger partial charge is 0.481 e. The summed E-state index contributed by atoms with van der Waals surface area (Å²) < 4.78 is 5.92. The fourth-order valence-corrected chi connectivity index (χ4v) is 5.53. The zero-order valence-corrected chi connectivity index (χ0v) is 27.6. The molecule has 4 nitrogen and oxygen atoms in total. The molecule has 0 heterocycles. The zero-order chi connectivity index (χ0) is 30.1. The maximum Gasteiger partial charge on any atom is 0.306 e. The summed E-state index contributed by atoms with van der Waals surface area (Å²) in [5, 5.41) is 8.86. The molecule has 1 unspecified atom stereocenters. The lowest BCUT2D eigenvalue weighted by Crippen LogP contribution is -2.18. The van der Waals surface area contributed by atoms with Crippen LogP contribution in [0.3, 0.4) is 0 Å². The second-order valence-electron chi connectivity index (χ2n) is 12.4. The van der Waals surface area contributed by atoms with E-state index in [1.54, 1.807) is 0 Å². The predicted molar refractivity (Wildman–Crippen MR) is 177 cm³/mol. The summed E-state index contributed by atoms with van der Waals surface area (Å²) in [6.45, 7) is 4.53. The molecule has 0 aromatic carbocycles. The summed E-state index contributed by atoms with van der Waals surface area (Å²) in [5.41, 5.74) is 0. The van der Waals surface area contributed by atoms with Crippen LogP contribution in [0.15, 0.2) is 12.2 Å². The number of hydrogen-bond acceptors (Lipinski definition) is 3. The fourth-order valence-electron chi connectivity index (χ4n) is 5.53. The van der Waals surface area contributed by atoms with Crippen LogP contribution in [0.1, 0.15) is 206 Å². The van der Waals surface area contributed by atoms with Crippen LogP contribution in [0.2, 0.25) is 0 Å². The average molecular weight is 579 g/mol. The van der Waals surface area contributed by atoms with Crippen LogP contribution in [-0.2, 0) is 14.3 Å². The van der Waals surface area contributed by atoms with Crippen LogP contribution in [0, 0.1) is 0 Å². The summed E-state index contributed by atoms with van der Waals surface area (Å²) in [6.07, 6.45) is 39.3. The van der Waals surface area contributed by atoms with Crippen LogP contribution in [-0.4, -0.2) is 23.1 Å². The Morgan fingerprint density at radius 3 is 1.37 bits per heavy atom. The first-order valence-electron chi connectivity index (χ1n) is 18.2. The highest BCUT2D eigenvalue weighted by Gasteiger charge is 2.14. The number of carboxylic acids is 1. The molecule has 0 radical (unpaired) electrons. The molecule has 41 heavy (non-hydrogen) atoms. The first kappa shape index (κ1) is 39.7. The highest BCUT2D eigenvalue weighted by Crippen LogP contribution is 2.18. The number of esters is 1. The molecule has 0 saturated carbocycles. The number of aliphatic carboxylic acids is 1. The number of allylic oxidation sites excluding steroid dienone is 2. The van der Waals surface area contributed by atoms with E-state index < -0.39 is 5.97 Å². The lowest BCUT2D eigenvalue weighted by molar-refractivity contribution is -0.150. The lowest BCUT2D eigenvalue weighted by atomic mass is 10.0. The molecular weight excluding hydrogens is 508 g/mol. The van der Waals surface area contributed by atoms with E-state index in [4.69, 9.17) is 9.84 Å². The Kier molecular flexibility index (Phi) is 32.1. The third kappa shape index (κ3) is 33.1. The molecule has 0 aliphatic heterocycles.